The third-order valence-electron chi connectivity index (χ3n) is 5.71. The minimum atomic E-state index is -3.90. The molecule has 0 aliphatic carbocycles. The van der Waals surface area contributed by atoms with Gasteiger partial charge in [-0.25, -0.2) is 8.42 Å². The smallest absolute Gasteiger partial charge is 0.264 e. The Morgan fingerprint density at radius 1 is 0.941 bits per heavy atom. The summed E-state index contributed by atoms with van der Waals surface area (Å²) >= 11 is 0. The normalized spacial score (nSPS) is 19.0. The number of aryl methyl sites for hydroxylation is 1. The quantitative estimate of drug-likeness (QED) is 0.604. The molecule has 0 spiro atoms. The van der Waals surface area contributed by atoms with Crippen molar-refractivity contribution in [1.82, 2.24) is 5.32 Å². The summed E-state index contributed by atoms with van der Waals surface area (Å²) in [5.41, 5.74) is 1.35. The van der Waals surface area contributed by atoms with Crippen LogP contribution in [0.4, 0.5) is 5.69 Å². The van der Waals surface area contributed by atoms with Gasteiger partial charge in [0.1, 0.15) is 18.5 Å². The van der Waals surface area contributed by atoms with E-state index in [1.807, 2.05) is 25.1 Å². The van der Waals surface area contributed by atoms with Crippen molar-refractivity contribution >= 4 is 21.6 Å². The molecule has 0 saturated carbocycles. The average molecular weight is 481 g/mol. The van der Waals surface area contributed by atoms with Crippen LogP contribution >= 0.6 is 0 Å². The molecule has 2 aliphatic rings. The zero-order valence-electron chi connectivity index (χ0n) is 18.5. The molecule has 34 heavy (non-hydrogen) atoms. The number of carbonyl (C=O) groups is 1. The highest BCUT2D eigenvalue weighted by Crippen LogP contribution is 2.37. The largest absolute Gasteiger partial charge is 0.486 e. The van der Waals surface area contributed by atoms with Crippen LogP contribution in [0, 0.1) is 6.92 Å². The fourth-order valence-electron chi connectivity index (χ4n) is 3.90. The number of sulfonamides is 1. The van der Waals surface area contributed by atoms with Gasteiger partial charge in [-0.05, 0) is 43.3 Å². The summed E-state index contributed by atoms with van der Waals surface area (Å²) in [4.78, 5) is 13.1. The minimum Gasteiger partial charge on any atom is -0.486 e. The van der Waals surface area contributed by atoms with Crippen molar-refractivity contribution in [3.63, 3.8) is 0 Å². The third kappa shape index (κ3) is 4.26. The van der Waals surface area contributed by atoms with Crippen LogP contribution in [0.15, 0.2) is 77.7 Å². The van der Waals surface area contributed by atoms with Gasteiger partial charge in [-0.2, -0.15) is 0 Å². The van der Waals surface area contributed by atoms with Gasteiger partial charge in [0.05, 0.1) is 23.7 Å². The van der Waals surface area contributed by atoms with Gasteiger partial charge >= 0.3 is 0 Å². The third-order valence-corrected chi connectivity index (χ3v) is 7.50. The lowest BCUT2D eigenvalue weighted by molar-refractivity contribution is -0.128. The van der Waals surface area contributed by atoms with Gasteiger partial charge < -0.3 is 19.5 Å². The van der Waals surface area contributed by atoms with Crippen LogP contribution in [0.5, 0.6) is 17.2 Å². The van der Waals surface area contributed by atoms with Crippen molar-refractivity contribution in [3.05, 3.63) is 78.4 Å². The molecule has 1 amide bonds. The van der Waals surface area contributed by atoms with Crippen LogP contribution in [0.3, 0.4) is 0 Å². The summed E-state index contributed by atoms with van der Waals surface area (Å²) in [6.07, 6.45) is -1.39. The van der Waals surface area contributed by atoms with Crippen LogP contribution < -0.4 is 23.8 Å². The Bertz CT molecular complexity index is 1310. The first-order chi connectivity index (χ1) is 16.4. The fourth-order valence-corrected chi connectivity index (χ4v) is 5.37. The second-order valence-electron chi connectivity index (χ2n) is 8.17. The van der Waals surface area contributed by atoms with Gasteiger partial charge in [0.2, 0.25) is 0 Å². The van der Waals surface area contributed by atoms with E-state index in [4.69, 9.17) is 14.2 Å². The van der Waals surface area contributed by atoms with Gasteiger partial charge in [-0.15, -0.1) is 0 Å². The van der Waals surface area contributed by atoms with Crippen molar-refractivity contribution < 1.29 is 27.4 Å². The molecule has 2 aliphatic heterocycles. The fraction of sp³-hybridized carbons (Fsp3) is 0.240. The first-order valence-corrected chi connectivity index (χ1v) is 12.4. The maximum absolute atomic E-state index is 13.5. The highest BCUT2D eigenvalue weighted by molar-refractivity contribution is 7.92. The molecule has 0 radical (unpaired) electrons. The number of hydrogen-bond acceptors (Lipinski definition) is 6. The number of carbonyl (C=O) groups excluding carboxylic acids is 1. The number of hydrogen-bond donors (Lipinski definition) is 1. The highest BCUT2D eigenvalue weighted by Gasteiger charge is 2.37. The molecule has 3 aromatic carbocycles. The number of benzene rings is 3. The van der Waals surface area contributed by atoms with Crippen LogP contribution in [0.1, 0.15) is 5.56 Å². The van der Waals surface area contributed by atoms with Crippen molar-refractivity contribution in [1.29, 1.82) is 0 Å². The maximum atomic E-state index is 13.5. The van der Waals surface area contributed by atoms with E-state index in [-0.39, 0.29) is 24.1 Å². The first kappa shape index (κ1) is 22.1. The molecular weight excluding hydrogens is 456 g/mol. The molecule has 3 aromatic rings. The van der Waals surface area contributed by atoms with Crippen molar-refractivity contribution in [3.8, 4) is 17.2 Å². The van der Waals surface area contributed by atoms with E-state index in [1.165, 1.54) is 4.31 Å². The number of amides is 1. The number of anilines is 1. The Hall–Kier alpha value is -3.72. The molecule has 1 N–H and O–H groups in total. The second-order valence-corrected chi connectivity index (χ2v) is 10.0. The number of nitrogens with one attached hydrogen (secondary N) is 1. The predicted molar refractivity (Wildman–Crippen MR) is 126 cm³/mol. The molecule has 2 heterocycles. The standard InChI is InChI=1S/C25H24N2O6S/c1-17-10-12-19(13-11-17)34(29,30)27-15-24(33-21-7-3-2-6-20(21)27)25(28)26-14-18-16-31-22-8-4-5-9-23(22)32-18/h2-13,18,24H,14-16H2,1H3,(H,26,28)/t18-,24+/m1/s1. The Morgan fingerprint density at radius 2 is 1.62 bits per heavy atom. The molecule has 0 aromatic heterocycles. The van der Waals surface area contributed by atoms with Gasteiger partial charge in [0.25, 0.3) is 15.9 Å². The maximum Gasteiger partial charge on any atom is 0.264 e. The predicted octanol–water partition coefficient (Wildman–Crippen LogP) is 2.91. The second kappa shape index (κ2) is 8.90. The lowest BCUT2D eigenvalue weighted by Crippen LogP contribution is -2.52. The number of rotatable bonds is 5. The summed E-state index contributed by atoms with van der Waals surface area (Å²) < 4.78 is 45.6. The SMILES string of the molecule is Cc1ccc(S(=O)(=O)N2C[C@@H](C(=O)NC[C@@H]3COc4ccccc4O3)Oc3ccccc32)cc1. The highest BCUT2D eigenvalue weighted by atomic mass is 32.2. The Morgan fingerprint density at radius 3 is 2.38 bits per heavy atom. The van der Waals surface area contributed by atoms with E-state index < -0.39 is 22.0 Å². The Balaban J connectivity index is 1.32. The minimum absolute atomic E-state index is 0.149. The summed E-state index contributed by atoms with van der Waals surface area (Å²) in [5.74, 6) is 1.18. The van der Waals surface area contributed by atoms with Crippen LogP contribution in [0.2, 0.25) is 0 Å². The summed E-state index contributed by atoms with van der Waals surface area (Å²) in [6.45, 7) is 2.23. The molecule has 2 atom stereocenters. The van der Waals surface area contributed by atoms with Crippen molar-refractivity contribution in [2.24, 2.45) is 0 Å². The number of nitrogens with zero attached hydrogens (tertiary/aromatic N) is 1. The molecule has 9 heteroatoms. The Labute approximate surface area is 198 Å². The molecule has 0 bridgehead atoms. The average Bonchev–Trinajstić information content (AvgIpc) is 2.86. The van der Waals surface area contributed by atoms with Gasteiger partial charge in [-0.1, -0.05) is 42.0 Å². The summed E-state index contributed by atoms with van der Waals surface area (Å²) in [7, 11) is -3.90. The van der Waals surface area contributed by atoms with E-state index >= 15 is 0 Å². The molecule has 0 saturated heterocycles. The van der Waals surface area contributed by atoms with E-state index in [2.05, 4.69) is 5.32 Å². The molecular formula is C25H24N2O6S. The van der Waals surface area contributed by atoms with Crippen molar-refractivity contribution in [2.75, 3.05) is 24.0 Å². The van der Waals surface area contributed by atoms with Crippen molar-refractivity contribution in [2.45, 2.75) is 24.0 Å². The van der Waals surface area contributed by atoms with E-state index in [0.29, 0.717) is 29.5 Å². The lowest BCUT2D eigenvalue weighted by Gasteiger charge is -2.35. The molecule has 0 unspecified atom stereocenters. The van der Waals surface area contributed by atoms with Gasteiger partial charge in [0, 0.05) is 0 Å². The Kier molecular flexibility index (Phi) is 5.79. The lowest BCUT2D eigenvalue weighted by atomic mass is 10.2. The number of fused-ring (bicyclic) bond motifs is 2. The molecule has 176 valence electrons. The summed E-state index contributed by atoms with van der Waals surface area (Å²) in [6, 6.07) is 20.7. The van der Waals surface area contributed by atoms with E-state index in [0.717, 1.165) is 5.56 Å². The topological polar surface area (TPSA) is 94.2 Å². The van der Waals surface area contributed by atoms with E-state index in [1.54, 1.807) is 54.6 Å². The van der Waals surface area contributed by atoms with Crippen LogP contribution in [0.25, 0.3) is 0 Å². The van der Waals surface area contributed by atoms with Crippen LogP contribution in [-0.4, -0.2) is 46.2 Å². The zero-order valence-corrected chi connectivity index (χ0v) is 19.3. The monoisotopic (exact) mass is 480 g/mol. The number of ether oxygens (including phenoxy) is 3. The van der Waals surface area contributed by atoms with Crippen LogP contribution in [-0.2, 0) is 14.8 Å². The zero-order chi connectivity index (χ0) is 23.7. The number of para-hydroxylation sites is 4. The molecule has 8 nitrogen and oxygen atoms in total. The first-order valence-electron chi connectivity index (χ1n) is 10.9. The molecule has 5 rings (SSSR count). The van der Waals surface area contributed by atoms with Gasteiger partial charge in [-0.3, -0.25) is 9.10 Å². The molecule has 0 fully saturated rings. The summed E-state index contributed by atoms with van der Waals surface area (Å²) in [5, 5.41) is 2.81. The van der Waals surface area contributed by atoms with Gasteiger partial charge in [0.15, 0.2) is 17.6 Å². The van der Waals surface area contributed by atoms with E-state index in [9.17, 15) is 13.2 Å².